The highest BCUT2D eigenvalue weighted by Gasteiger charge is 2.08. The van der Waals surface area contributed by atoms with Crippen LogP contribution >= 0.6 is 11.8 Å². The van der Waals surface area contributed by atoms with Gasteiger partial charge in [0, 0.05) is 12.2 Å². The SMILES string of the molecule is CCc1ccc(NC(=O)CSCC(=O)NCCc2ccc(OC)c(OC)c2)cc1. The third-order valence-electron chi connectivity index (χ3n) is 4.30. The molecular weight excluding hydrogens is 388 g/mol. The van der Waals surface area contributed by atoms with Crippen molar-refractivity contribution in [2.24, 2.45) is 0 Å². The van der Waals surface area contributed by atoms with Crippen molar-refractivity contribution in [2.75, 3.05) is 37.6 Å². The van der Waals surface area contributed by atoms with E-state index in [1.54, 1.807) is 14.2 Å². The predicted octanol–water partition coefficient (Wildman–Crippen LogP) is 3.30. The first-order chi connectivity index (χ1) is 14.0. The number of thioether (sulfide) groups is 1. The normalized spacial score (nSPS) is 10.3. The molecule has 0 aromatic heterocycles. The van der Waals surface area contributed by atoms with E-state index in [4.69, 9.17) is 9.47 Å². The van der Waals surface area contributed by atoms with Crippen LogP contribution in [0.1, 0.15) is 18.1 Å². The lowest BCUT2D eigenvalue weighted by Gasteiger charge is -2.10. The van der Waals surface area contributed by atoms with Crippen LogP contribution in [0.2, 0.25) is 0 Å². The van der Waals surface area contributed by atoms with E-state index in [9.17, 15) is 9.59 Å². The minimum atomic E-state index is -0.114. The third-order valence-corrected chi connectivity index (χ3v) is 5.23. The minimum absolute atomic E-state index is 0.0874. The first-order valence-corrected chi connectivity index (χ1v) is 10.6. The molecule has 0 saturated heterocycles. The van der Waals surface area contributed by atoms with Crippen molar-refractivity contribution in [3.8, 4) is 11.5 Å². The summed E-state index contributed by atoms with van der Waals surface area (Å²) in [5, 5.41) is 5.71. The average molecular weight is 417 g/mol. The van der Waals surface area contributed by atoms with Gasteiger partial charge in [-0.25, -0.2) is 0 Å². The lowest BCUT2D eigenvalue weighted by molar-refractivity contribution is -0.118. The quantitative estimate of drug-likeness (QED) is 0.588. The summed E-state index contributed by atoms with van der Waals surface area (Å²) < 4.78 is 10.5. The van der Waals surface area contributed by atoms with Crippen molar-refractivity contribution in [3.63, 3.8) is 0 Å². The number of methoxy groups -OCH3 is 2. The van der Waals surface area contributed by atoms with Crippen molar-refractivity contribution < 1.29 is 19.1 Å². The van der Waals surface area contributed by atoms with Crippen molar-refractivity contribution in [3.05, 3.63) is 53.6 Å². The maximum atomic E-state index is 12.0. The van der Waals surface area contributed by atoms with Crippen molar-refractivity contribution in [2.45, 2.75) is 19.8 Å². The monoisotopic (exact) mass is 416 g/mol. The highest BCUT2D eigenvalue weighted by Crippen LogP contribution is 2.27. The fourth-order valence-corrected chi connectivity index (χ4v) is 3.34. The molecule has 0 saturated carbocycles. The lowest BCUT2D eigenvalue weighted by Crippen LogP contribution is -2.28. The van der Waals surface area contributed by atoms with Gasteiger partial charge in [0.2, 0.25) is 11.8 Å². The van der Waals surface area contributed by atoms with Gasteiger partial charge < -0.3 is 20.1 Å². The van der Waals surface area contributed by atoms with Gasteiger partial charge in [-0.15, -0.1) is 11.8 Å². The van der Waals surface area contributed by atoms with E-state index in [0.717, 1.165) is 17.7 Å². The fourth-order valence-electron chi connectivity index (χ4n) is 2.69. The summed E-state index contributed by atoms with van der Waals surface area (Å²) in [4.78, 5) is 23.9. The molecule has 0 aliphatic rings. The number of aryl methyl sites for hydroxylation is 1. The zero-order chi connectivity index (χ0) is 21.1. The number of ether oxygens (including phenoxy) is 2. The third kappa shape index (κ3) is 7.69. The summed E-state index contributed by atoms with van der Waals surface area (Å²) in [6.45, 7) is 2.61. The Morgan fingerprint density at radius 1 is 0.897 bits per heavy atom. The summed E-state index contributed by atoms with van der Waals surface area (Å²) in [6.07, 6.45) is 1.65. The smallest absolute Gasteiger partial charge is 0.234 e. The van der Waals surface area contributed by atoms with Gasteiger partial charge in [0.1, 0.15) is 0 Å². The molecule has 0 heterocycles. The Balaban J connectivity index is 1.64. The van der Waals surface area contributed by atoms with E-state index in [1.165, 1.54) is 17.3 Å². The van der Waals surface area contributed by atoms with E-state index in [0.29, 0.717) is 24.5 Å². The minimum Gasteiger partial charge on any atom is -0.493 e. The molecule has 156 valence electrons. The van der Waals surface area contributed by atoms with E-state index in [1.807, 2.05) is 42.5 Å². The maximum Gasteiger partial charge on any atom is 0.234 e. The Morgan fingerprint density at radius 3 is 2.21 bits per heavy atom. The van der Waals surface area contributed by atoms with Gasteiger partial charge in [-0.3, -0.25) is 9.59 Å². The second-order valence-electron chi connectivity index (χ2n) is 6.38. The van der Waals surface area contributed by atoms with Gasteiger partial charge in [-0.05, 0) is 48.2 Å². The predicted molar refractivity (Wildman–Crippen MR) is 118 cm³/mol. The molecule has 6 nitrogen and oxygen atoms in total. The standard InChI is InChI=1S/C22H28N2O4S/c1-4-16-5-8-18(9-6-16)24-22(26)15-29-14-21(25)23-12-11-17-7-10-19(27-2)20(13-17)28-3/h5-10,13H,4,11-12,14-15H2,1-3H3,(H,23,25)(H,24,26). The van der Waals surface area contributed by atoms with Gasteiger partial charge in [0.25, 0.3) is 0 Å². The van der Waals surface area contributed by atoms with Crippen LogP contribution in [-0.2, 0) is 22.4 Å². The second kappa shape index (κ2) is 12.0. The van der Waals surface area contributed by atoms with E-state index in [2.05, 4.69) is 17.6 Å². The summed E-state index contributed by atoms with van der Waals surface area (Å²) in [7, 11) is 3.19. The van der Waals surface area contributed by atoms with Crippen LogP contribution in [0.25, 0.3) is 0 Å². The number of benzene rings is 2. The molecule has 0 spiro atoms. The summed E-state index contributed by atoms with van der Waals surface area (Å²) in [6, 6.07) is 13.5. The lowest BCUT2D eigenvalue weighted by atomic mass is 10.1. The van der Waals surface area contributed by atoms with Crippen molar-refractivity contribution in [1.82, 2.24) is 5.32 Å². The zero-order valence-corrected chi connectivity index (χ0v) is 17.9. The molecule has 2 N–H and O–H groups in total. The number of hydrogen-bond donors (Lipinski definition) is 2. The highest BCUT2D eigenvalue weighted by atomic mass is 32.2. The second-order valence-corrected chi connectivity index (χ2v) is 7.37. The molecule has 0 unspecified atom stereocenters. The Bertz CT molecular complexity index is 809. The van der Waals surface area contributed by atoms with Crippen molar-refractivity contribution >= 4 is 29.3 Å². The molecule has 2 amide bonds. The first kappa shape index (κ1) is 22.6. The Kier molecular flexibility index (Phi) is 9.37. The van der Waals surface area contributed by atoms with Gasteiger partial charge in [0.05, 0.1) is 25.7 Å². The summed E-state index contributed by atoms with van der Waals surface area (Å²) >= 11 is 1.29. The van der Waals surface area contributed by atoms with Crippen LogP contribution in [0, 0.1) is 0 Å². The molecule has 0 radical (unpaired) electrons. The Hall–Kier alpha value is -2.67. The maximum absolute atomic E-state index is 12.0. The first-order valence-electron chi connectivity index (χ1n) is 9.49. The van der Waals surface area contributed by atoms with Crippen LogP contribution in [0.15, 0.2) is 42.5 Å². The van der Waals surface area contributed by atoms with Crippen LogP contribution in [0.3, 0.4) is 0 Å². The molecule has 2 rings (SSSR count). The fraction of sp³-hybridized carbons (Fsp3) is 0.364. The topological polar surface area (TPSA) is 76.7 Å². The zero-order valence-electron chi connectivity index (χ0n) is 17.1. The average Bonchev–Trinajstić information content (AvgIpc) is 2.74. The molecule has 0 aliphatic carbocycles. The summed E-state index contributed by atoms with van der Waals surface area (Å²) in [5.74, 6) is 1.62. The molecule has 0 fully saturated rings. The molecule has 7 heteroatoms. The van der Waals surface area contributed by atoms with Gasteiger partial charge in [-0.2, -0.15) is 0 Å². The van der Waals surface area contributed by atoms with Gasteiger partial charge >= 0.3 is 0 Å². The number of hydrogen-bond acceptors (Lipinski definition) is 5. The number of amides is 2. The van der Waals surface area contributed by atoms with Gasteiger partial charge in [0.15, 0.2) is 11.5 Å². The largest absolute Gasteiger partial charge is 0.493 e. The number of anilines is 1. The number of carbonyl (C=O) groups is 2. The van der Waals surface area contributed by atoms with Crippen molar-refractivity contribution in [1.29, 1.82) is 0 Å². The van der Waals surface area contributed by atoms with E-state index >= 15 is 0 Å². The van der Waals surface area contributed by atoms with Crippen LogP contribution in [0.4, 0.5) is 5.69 Å². The van der Waals surface area contributed by atoms with E-state index in [-0.39, 0.29) is 23.3 Å². The number of nitrogens with one attached hydrogen (secondary N) is 2. The van der Waals surface area contributed by atoms with E-state index < -0.39 is 0 Å². The Morgan fingerprint density at radius 2 is 1.55 bits per heavy atom. The number of carbonyl (C=O) groups excluding carboxylic acids is 2. The highest BCUT2D eigenvalue weighted by molar-refractivity contribution is 8.00. The van der Waals surface area contributed by atoms with Crippen LogP contribution in [-0.4, -0.2) is 44.1 Å². The molecule has 0 aliphatic heterocycles. The number of rotatable bonds is 11. The Labute approximate surface area is 176 Å². The molecule has 0 bridgehead atoms. The van der Waals surface area contributed by atoms with Crippen LogP contribution < -0.4 is 20.1 Å². The molecule has 0 atom stereocenters. The summed E-state index contributed by atoms with van der Waals surface area (Å²) in [5.41, 5.74) is 3.04. The van der Waals surface area contributed by atoms with Gasteiger partial charge in [-0.1, -0.05) is 25.1 Å². The molecular formula is C22H28N2O4S. The van der Waals surface area contributed by atoms with Crippen LogP contribution in [0.5, 0.6) is 11.5 Å². The molecule has 29 heavy (non-hydrogen) atoms. The molecule has 2 aromatic carbocycles. The molecule has 2 aromatic rings.